The van der Waals surface area contributed by atoms with Crippen molar-refractivity contribution in [2.24, 2.45) is 0 Å². The van der Waals surface area contributed by atoms with Gasteiger partial charge >= 0.3 is 5.97 Å². The predicted molar refractivity (Wildman–Crippen MR) is 94.3 cm³/mol. The number of carbonyl (C=O) groups is 3. The molecule has 0 saturated carbocycles. The topological polar surface area (TPSA) is 105 Å². The monoisotopic (exact) mass is 370 g/mol. The zero-order chi connectivity index (χ0) is 18.9. The average Bonchev–Trinajstić information content (AvgIpc) is 3.19. The van der Waals surface area contributed by atoms with Gasteiger partial charge in [0, 0.05) is 0 Å². The fourth-order valence-corrected chi connectivity index (χ4v) is 2.46. The molecule has 0 saturated heterocycles. The summed E-state index contributed by atoms with van der Waals surface area (Å²) in [6, 6.07) is 11.6. The number of thiophene rings is 1. The normalized spacial score (nSPS) is 10.5. The Labute approximate surface area is 153 Å². The van der Waals surface area contributed by atoms with Gasteiger partial charge in [0.05, 0.1) is 12.0 Å². The summed E-state index contributed by atoms with van der Waals surface area (Å²) < 4.78 is 9.80. The molecule has 0 bridgehead atoms. The SMILES string of the molecule is COc1ccc(/C=C(\C#N)C(=O)OCC(=O)NC(=O)c2cccs2)cc1. The predicted octanol–water partition coefficient (Wildman–Crippen LogP) is 2.16. The number of rotatable bonds is 6. The number of nitriles is 1. The Hall–Kier alpha value is -3.44. The molecule has 8 heteroatoms. The van der Waals surface area contributed by atoms with Crippen molar-refractivity contribution in [2.75, 3.05) is 13.7 Å². The third-order valence-corrected chi connectivity index (χ3v) is 3.97. The number of carbonyl (C=O) groups excluding carboxylic acids is 3. The minimum atomic E-state index is -0.956. The van der Waals surface area contributed by atoms with Crippen LogP contribution in [0, 0.1) is 11.3 Å². The van der Waals surface area contributed by atoms with Crippen LogP contribution < -0.4 is 10.1 Å². The third-order valence-electron chi connectivity index (χ3n) is 3.10. The van der Waals surface area contributed by atoms with E-state index in [9.17, 15) is 14.4 Å². The lowest BCUT2D eigenvalue weighted by Crippen LogP contribution is -2.33. The number of nitrogens with zero attached hydrogens (tertiary/aromatic N) is 1. The molecule has 0 radical (unpaired) electrons. The smallest absolute Gasteiger partial charge is 0.349 e. The van der Waals surface area contributed by atoms with Gasteiger partial charge in [-0.25, -0.2) is 4.79 Å². The van der Waals surface area contributed by atoms with Crippen molar-refractivity contribution in [3.05, 3.63) is 57.8 Å². The maximum absolute atomic E-state index is 11.9. The van der Waals surface area contributed by atoms with Crippen molar-refractivity contribution in [1.82, 2.24) is 5.32 Å². The highest BCUT2D eigenvalue weighted by Crippen LogP contribution is 2.14. The van der Waals surface area contributed by atoms with E-state index < -0.39 is 24.4 Å². The number of amides is 2. The van der Waals surface area contributed by atoms with Gasteiger partial charge in [0.15, 0.2) is 6.61 Å². The van der Waals surface area contributed by atoms with Crippen LogP contribution in [0.4, 0.5) is 0 Å². The van der Waals surface area contributed by atoms with Crippen LogP contribution >= 0.6 is 11.3 Å². The molecule has 2 amide bonds. The van der Waals surface area contributed by atoms with E-state index in [0.717, 1.165) is 0 Å². The van der Waals surface area contributed by atoms with Crippen LogP contribution in [0.1, 0.15) is 15.2 Å². The zero-order valence-electron chi connectivity index (χ0n) is 13.7. The second kappa shape index (κ2) is 9.15. The first-order chi connectivity index (χ1) is 12.5. The number of ether oxygens (including phenoxy) is 2. The summed E-state index contributed by atoms with van der Waals surface area (Å²) in [6.45, 7) is -0.669. The summed E-state index contributed by atoms with van der Waals surface area (Å²) >= 11 is 1.18. The fraction of sp³-hybridized carbons (Fsp3) is 0.111. The lowest BCUT2D eigenvalue weighted by molar-refractivity contribution is -0.144. The summed E-state index contributed by atoms with van der Waals surface area (Å²) in [6.07, 6.45) is 1.33. The van der Waals surface area contributed by atoms with Gasteiger partial charge in [-0.1, -0.05) is 18.2 Å². The Kier molecular flexibility index (Phi) is 6.65. The van der Waals surface area contributed by atoms with Crippen LogP contribution in [0.3, 0.4) is 0 Å². The average molecular weight is 370 g/mol. The van der Waals surface area contributed by atoms with Crippen molar-refractivity contribution in [1.29, 1.82) is 5.26 Å². The fourth-order valence-electron chi connectivity index (χ4n) is 1.84. The molecule has 0 fully saturated rings. The molecule has 2 rings (SSSR count). The van der Waals surface area contributed by atoms with Crippen molar-refractivity contribution in [3.63, 3.8) is 0 Å². The second-order valence-electron chi connectivity index (χ2n) is 4.87. The molecular weight excluding hydrogens is 356 g/mol. The molecule has 1 heterocycles. The van der Waals surface area contributed by atoms with Crippen LogP contribution in [-0.2, 0) is 14.3 Å². The third kappa shape index (κ3) is 5.29. The minimum Gasteiger partial charge on any atom is -0.497 e. The van der Waals surface area contributed by atoms with Gasteiger partial charge in [0.25, 0.3) is 11.8 Å². The largest absolute Gasteiger partial charge is 0.497 e. The van der Waals surface area contributed by atoms with Crippen molar-refractivity contribution < 1.29 is 23.9 Å². The molecule has 1 aromatic heterocycles. The molecule has 26 heavy (non-hydrogen) atoms. The molecule has 0 aliphatic heterocycles. The Balaban J connectivity index is 1.92. The molecule has 7 nitrogen and oxygen atoms in total. The van der Waals surface area contributed by atoms with E-state index in [1.807, 2.05) is 0 Å². The highest BCUT2D eigenvalue weighted by molar-refractivity contribution is 7.12. The lowest BCUT2D eigenvalue weighted by atomic mass is 10.1. The summed E-state index contributed by atoms with van der Waals surface area (Å²) in [5, 5.41) is 12.9. The van der Waals surface area contributed by atoms with Crippen LogP contribution in [-0.4, -0.2) is 31.5 Å². The van der Waals surface area contributed by atoms with E-state index >= 15 is 0 Å². The van der Waals surface area contributed by atoms with Gasteiger partial charge in [0.1, 0.15) is 17.4 Å². The van der Waals surface area contributed by atoms with Gasteiger partial charge in [0.2, 0.25) is 0 Å². The molecule has 0 aliphatic carbocycles. The highest BCUT2D eigenvalue weighted by Gasteiger charge is 2.16. The Morgan fingerprint density at radius 2 is 1.96 bits per heavy atom. The van der Waals surface area contributed by atoms with E-state index in [2.05, 4.69) is 5.32 Å². The van der Waals surface area contributed by atoms with Gasteiger partial charge in [-0.3, -0.25) is 14.9 Å². The number of nitrogens with one attached hydrogen (secondary N) is 1. The zero-order valence-corrected chi connectivity index (χ0v) is 14.5. The molecular formula is C18H14N2O5S. The van der Waals surface area contributed by atoms with Crippen molar-refractivity contribution in [3.8, 4) is 11.8 Å². The molecule has 1 aromatic carbocycles. The van der Waals surface area contributed by atoms with Crippen molar-refractivity contribution >= 4 is 35.2 Å². The van der Waals surface area contributed by atoms with E-state index in [0.29, 0.717) is 16.2 Å². The standard InChI is InChI=1S/C18H14N2O5S/c1-24-14-6-4-12(5-7-14)9-13(10-19)18(23)25-11-16(21)20-17(22)15-3-2-8-26-15/h2-9H,11H2,1H3,(H,20,21,22)/b13-9+. The van der Waals surface area contributed by atoms with Crippen LogP contribution in [0.25, 0.3) is 6.08 Å². The Morgan fingerprint density at radius 1 is 1.23 bits per heavy atom. The second-order valence-corrected chi connectivity index (χ2v) is 5.82. The number of imide groups is 1. The summed E-state index contributed by atoms with van der Waals surface area (Å²) in [7, 11) is 1.52. The van der Waals surface area contributed by atoms with Gasteiger partial charge < -0.3 is 9.47 Å². The summed E-state index contributed by atoms with van der Waals surface area (Å²) in [5.41, 5.74) is 0.323. The summed E-state index contributed by atoms with van der Waals surface area (Å²) in [5.74, 6) is -1.67. The molecule has 0 unspecified atom stereocenters. The molecule has 0 atom stereocenters. The first kappa shape index (κ1) is 18.9. The van der Waals surface area contributed by atoms with Crippen LogP contribution in [0.5, 0.6) is 5.75 Å². The quantitative estimate of drug-likeness (QED) is 0.475. The number of methoxy groups -OCH3 is 1. The van der Waals surface area contributed by atoms with Crippen molar-refractivity contribution in [2.45, 2.75) is 0 Å². The Morgan fingerprint density at radius 3 is 2.54 bits per heavy atom. The molecule has 2 aromatic rings. The maximum atomic E-state index is 11.9. The molecule has 1 N–H and O–H groups in total. The van der Waals surface area contributed by atoms with Crippen LogP contribution in [0.2, 0.25) is 0 Å². The number of hydrogen-bond acceptors (Lipinski definition) is 7. The lowest BCUT2D eigenvalue weighted by Gasteiger charge is -2.05. The summed E-state index contributed by atoms with van der Waals surface area (Å²) in [4.78, 5) is 35.7. The van der Waals surface area contributed by atoms with E-state index in [4.69, 9.17) is 14.7 Å². The molecule has 0 aliphatic rings. The van der Waals surface area contributed by atoms with E-state index in [1.165, 1.54) is 24.5 Å². The van der Waals surface area contributed by atoms with E-state index in [1.54, 1.807) is 47.8 Å². The van der Waals surface area contributed by atoms with Crippen LogP contribution in [0.15, 0.2) is 47.4 Å². The first-order valence-electron chi connectivity index (χ1n) is 7.34. The molecule has 132 valence electrons. The van der Waals surface area contributed by atoms with Gasteiger partial charge in [-0.15, -0.1) is 11.3 Å². The Bertz CT molecular complexity index is 864. The number of esters is 1. The first-order valence-corrected chi connectivity index (χ1v) is 8.22. The van der Waals surface area contributed by atoms with Gasteiger partial charge in [-0.2, -0.15) is 5.26 Å². The molecule has 0 spiro atoms. The minimum absolute atomic E-state index is 0.271. The number of benzene rings is 1. The van der Waals surface area contributed by atoms with Gasteiger partial charge in [-0.05, 0) is 35.2 Å². The maximum Gasteiger partial charge on any atom is 0.349 e. The van der Waals surface area contributed by atoms with E-state index in [-0.39, 0.29) is 5.57 Å². The number of hydrogen-bond donors (Lipinski definition) is 1. The highest BCUT2D eigenvalue weighted by atomic mass is 32.1.